The molecule has 0 unspecified atom stereocenters. The summed E-state index contributed by atoms with van der Waals surface area (Å²) in [6.45, 7) is 4.16. The van der Waals surface area contributed by atoms with Crippen LogP contribution in [0.4, 0.5) is 11.4 Å². The van der Waals surface area contributed by atoms with Gasteiger partial charge in [0, 0.05) is 12.2 Å². The van der Waals surface area contributed by atoms with Crippen LogP contribution >= 0.6 is 11.6 Å². The van der Waals surface area contributed by atoms with E-state index in [2.05, 4.69) is 11.4 Å². The standard InChI is InChI=1S/C21H22ClN3O3S/c1-3-5-15-9-16(13-23)11-17(10-15)24-21(26)19-12-18(8-14(2)20(19)22)25-6-4-7-29(25,27)28/h8-12H,3-7H2,1-2H3,(H,24,26). The van der Waals surface area contributed by atoms with Gasteiger partial charge < -0.3 is 5.32 Å². The Balaban J connectivity index is 1.96. The van der Waals surface area contributed by atoms with E-state index < -0.39 is 15.9 Å². The number of amides is 1. The minimum atomic E-state index is -3.37. The van der Waals surface area contributed by atoms with Gasteiger partial charge in [0.05, 0.1) is 33.7 Å². The van der Waals surface area contributed by atoms with E-state index in [1.54, 1.807) is 25.1 Å². The molecule has 2 aromatic rings. The second-order valence-corrected chi connectivity index (χ2v) is 9.49. The van der Waals surface area contributed by atoms with Gasteiger partial charge in [0.15, 0.2) is 0 Å². The molecular weight excluding hydrogens is 410 g/mol. The summed E-state index contributed by atoms with van der Waals surface area (Å²) in [5, 5.41) is 12.3. The number of carbonyl (C=O) groups is 1. The van der Waals surface area contributed by atoms with Crippen LogP contribution in [0.25, 0.3) is 0 Å². The molecule has 0 spiro atoms. The van der Waals surface area contributed by atoms with Crippen molar-refractivity contribution < 1.29 is 13.2 Å². The Morgan fingerprint density at radius 2 is 2.03 bits per heavy atom. The highest BCUT2D eigenvalue weighted by Gasteiger charge is 2.29. The minimum absolute atomic E-state index is 0.0946. The largest absolute Gasteiger partial charge is 0.322 e. The zero-order chi connectivity index (χ0) is 21.2. The molecule has 0 radical (unpaired) electrons. The Kier molecular flexibility index (Phi) is 6.15. The number of anilines is 2. The molecule has 1 N–H and O–H groups in total. The molecule has 1 amide bonds. The van der Waals surface area contributed by atoms with Crippen LogP contribution in [0.1, 0.15) is 46.8 Å². The summed E-state index contributed by atoms with van der Waals surface area (Å²) in [7, 11) is -3.37. The maximum atomic E-state index is 12.9. The van der Waals surface area contributed by atoms with Crippen LogP contribution in [0.2, 0.25) is 5.02 Å². The topological polar surface area (TPSA) is 90.3 Å². The van der Waals surface area contributed by atoms with Gasteiger partial charge in [-0.05, 0) is 61.2 Å². The summed E-state index contributed by atoms with van der Waals surface area (Å²) >= 11 is 6.36. The monoisotopic (exact) mass is 431 g/mol. The Morgan fingerprint density at radius 1 is 1.28 bits per heavy atom. The summed E-state index contributed by atoms with van der Waals surface area (Å²) in [5.41, 5.74) is 3.18. The molecule has 1 aliphatic heterocycles. The molecule has 1 aliphatic rings. The summed E-state index contributed by atoms with van der Waals surface area (Å²) in [4.78, 5) is 12.9. The second-order valence-electron chi connectivity index (χ2n) is 7.10. The molecule has 0 saturated carbocycles. The van der Waals surface area contributed by atoms with Crippen molar-refractivity contribution in [3.63, 3.8) is 0 Å². The first-order valence-electron chi connectivity index (χ1n) is 9.41. The number of benzene rings is 2. The fourth-order valence-corrected chi connectivity index (χ4v) is 5.19. The Labute approximate surface area is 176 Å². The zero-order valence-corrected chi connectivity index (χ0v) is 17.9. The van der Waals surface area contributed by atoms with Gasteiger partial charge in [0.1, 0.15) is 0 Å². The van der Waals surface area contributed by atoms with E-state index in [0.717, 1.165) is 18.4 Å². The van der Waals surface area contributed by atoms with Crippen molar-refractivity contribution in [2.75, 3.05) is 21.9 Å². The number of nitriles is 1. The lowest BCUT2D eigenvalue weighted by atomic mass is 10.1. The Morgan fingerprint density at radius 3 is 2.66 bits per heavy atom. The number of sulfonamides is 1. The fourth-order valence-electron chi connectivity index (χ4n) is 3.45. The molecule has 0 aromatic heterocycles. The average molecular weight is 432 g/mol. The number of rotatable bonds is 5. The van der Waals surface area contributed by atoms with E-state index in [1.807, 2.05) is 13.0 Å². The number of carbonyl (C=O) groups excluding carboxylic acids is 1. The quantitative estimate of drug-likeness (QED) is 0.765. The zero-order valence-electron chi connectivity index (χ0n) is 16.3. The van der Waals surface area contributed by atoms with E-state index in [1.165, 1.54) is 10.4 Å². The van der Waals surface area contributed by atoms with Crippen molar-refractivity contribution >= 4 is 38.9 Å². The lowest BCUT2D eigenvalue weighted by Crippen LogP contribution is -2.25. The van der Waals surface area contributed by atoms with Gasteiger partial charge in [-0.25, -0.2) is 8.42 Å². The highest BCUT2D eigenvalue weighted by molar-refractivity contribution is 7.93. The second kappa shape index (κ2) is 8.44. The van der Waals surface area contributed by atoms with Crippen molar-refractivity contribution in [3.05, 3.63) is 57.6 Å². The van der Waals surface area contributed by atoms with Gasteiger partial charge in [-0.2, -0.15) is 5.26 Å². The van der Waals surface area contributed by atoms with Crippen molar-refractivity contribution in [3.8, 4) is 6.07 Å². The molecule has 1 fully saturated rings. The van der Waals surface area contributed by atoms with E-state index in [-0.39, 0.29) is 16.3 Å². The smallest absolute Gasteiger partial charge is 0.257 e. The van der Waals surface area contributed by atoms with E-state index >= 15 is 0 Å². The minimum Gasteiger partial charge on any atom is -0.322 e. The SMILES string of the molecule is CCCc1cc(C#N)cc(NC(=O)c2cc(N3CCCS3(=O)=O)cc(C)c2Cl)c1. The third kappa shape index (κ3) is 4.55. The Bertz CT molecular complexity index is 1110. The van der Waals surface area contributed by atoms with Gasteiger partial charge in [-0.3, -0.25) is 9.10 Å². The van der Waals surface area contributed by atoms with Crippen molar-refractivity contribution in [2.45, 2.75) is 33.1 Å². The highest BCUT2D eigenvalue weighted by Crippen LogP contribution is 2.31. The molecule has 1 saturated heterocycles. The number of nitrogens with zero attached hydrogens (tertiary/aromatic N) is 2. The van der Waals surface area contributed by atoms with Crippen LogP contribution < -0.4 is 9.62 Å². The molecule has 29 heavy (non-hydrogen) atoms. The first-order chi connectivity index (χ1) is 13.7. The lowest BCUT2D eigenvalue weighted by Gasteiger charge is -2.19. The Hall–Kier alpha value is -2.56. The number of hydrogen-bond acceptors (Lipinski definition) is 4. The number of halogens is 1. The average Bonchev–Trinajstić information content (AvgIpc) is 3.02. The van der Waals surface area contributed by atoms with Gasteiger partial charge in [-0.15, -0.1) is 0 Å². The third-order valence-electron chi connectivity index (χ3n) is 4.79. The number of hydrogen-bond donors (Lipinski definition) is 1. The number of nitrogens with one attached hydrogen (secondary N) is 1. The first-order valence-corrected chi connectivity index (χ1v) is 11.4. The van der Waals surface area contributed by atoms with Gasteiger partial charge in [0.25, 0.3) is 5.91 Å². The molecule has 0 aliphatic carbocycles. The molecule has 1 heterocycles. The lowest BCUT2D eigenvalue weighted by molar-refractivity contribution is 0.102. The molecule has 0 bridgehead atoms. The predicted octanol–water partition coefficient (Wildman–Crippen LogP) is 4.26. The maximum absolute atomic E-state index is 12.9. The number of aryl methyl sites for hydroxylation is 2. The van der Waals surface area contributed by atoms with E-state index in [0.29, 0.717) is 35.5 Å². The van der Waals surface area contributed by atoms with E-state index in [4.69, 9.17) is 11.6 Å². The summed E-state index contributed by atoms with van der Waals surface area (Å²) in [6.07, 6.45) is 2.26. The normalized spacial score (nSPS) is 15.2. The molecule has 2 aromatic carbocycles. The first kappa shape index (κ1) is 21.2. The third-order valence-corrected chi connectivity index (χ3v) is 7.16. The van der Waals surface area contributed by atoms with Crippen LogP contribution in [-0.2, 0) is 16.4 Å². The summed E-state index contributed by atoms with van der Waals surface area (Å²) in [5.74, 6) is -0.355. The summed E-state index contributed by atoms with van der Waals surface area (Å²) < 4.78 is 25.8. The van der Waals surface area contributed by atoms with Crippen LogP contribution in [-0.4, -0.2) is 26.6 Å². The van der Waals surface area contributed by atoms with Gasteiger partial charge in [-0.1, -0.05) is 24.9 Å². The van der Waals surface area contributed by atoms with Crippen LogP contribution in [0.5, 0.6) is 0 Å². The molecular formula is C21H22ClN3O3S. The van der Waals surface area contributed by atoms with Crippen molar-refractivity contribution in [1.29, 1.82) is 5.26 Å². The fraction of sp³-hybridized carbons (Fsp3) is 0.333. The molecule has 152 valence electrons. The summed E-state index contributed by atoms with van der Waals surface area (Å²) in [6, 6.07) is 10.5. The van der Waals surface area contributed by atoms with Gasteiger partial charge >= 0.3 is 0 Å². The van der Waals surface area contributed by atoms with Crippen LogP contribution in [0, 0.1) is 18.3 Å². The molecule has 8 heteroatoms. The van der Waals surface area contributed by atoms with Crippen molar-refractivity contribution in [1.82, 2.24) is 0 Å². The maximum Gasteiger partial charge on any atom is 0.257 e. The molecule has 3 rings (SSSR count). The van der Waals surface area contributed by atoms with Gasteiger partial charge in [0.2, 0.25) is 10.0 Å². The molecule has 0 atom stereocenters. The molecule has 6 nitrogen and oxygen atoms in total. The highest BCUT2D eigenvalue weighted by atomic mass is 35.5. The van der Waals surface area contributed by atoms with E-state index in [9.17, 15) is 18.5 Å². The van der Waals surface area contributed by atoms with Crippen LogP contribution in [0.15, 0.2) is 30.3 Å². The van der Waals surface area contributed by atoms with Crippen molar-refractivity contribution in [2.24, 2.45) is 0 Å². The van der Waals surface area contributed by atoms with Crippen LogP contribution in [0.3, 0.4) is 0 Å². The predicted molar refractivity (Wildman–Crippen MR) is 115 cm³/mol.